The smallest absolute Gasteiger partial charge is 0.306 e. The number of nitrogens with zero attached hydrogens (tertiary/aromatic N) is 2. The monoisotopic (exact) mass is 192 g/mol. The summed E-state index contributed by atoms with van der Waals surface area (Å²) in [6.07, 6.45) is 4.09. The van der Waals surface area contributed by atoms with Gasteiger partial charge >= 0.3 is 7.48 Å². The molecule has 0 bridgehead atoms. The number of aromatic nitrogens is 1. The molecule has 0 fully saturated rings. The standard InChI is InChI=1S/C10H17BN2O/c1-3-4-7-13(2)10-6-5-9(11-14)8-12-10/h5-6,8,11,14H,3-4,7H2,1-2H3. The Morgan fingerprint density at radius 3 is 2.79 bits per heavy atom. The molecule has 1 aromatic rings. The molecule has 0 amide bonds. The largest absolute Gasteiger partial charge is 0.449 e. The third-order valence-electron chi connectivity index (χ3n) is 2.23. The summed E-state index contributed by atoms with van der Waals surface area (Å²) >= 11 is 0. The van der Waals surface area contributed by atoms with Crippen LogP contribution in [0.5, 0.6) is 0 Å². The summed E-state index contributed by atoms with van der Waals surface area (Å²) in [5.41, 5.74) is 0.859. The third-order valence-corrected chi connectivity index (χ3v) is 2.23. The van der Waals surface area contributed by atoms with Crippen LogP contribution in [0.25, 0.3) is 0 Å². The van der Waals surface area contributed by atoms with Gasteiger partial charge in [-0.3, -0.25) is 0 Å². The van der Waals surface area contributed by atoms with Gasteiger partial charge in [0.1, 0.15) is 5.82 Å². The van der Waals surface area contributed by atoms with Crippen LogP contribution in [0, 0.1) is 0 Å². The predicted octanol–water partition coefficient (Wildman–Crippen LogP) is 0.287. The van der Waals surface area contributed by atoms with E-state index in [1.807, 2.05) is 19.2 Å². The molecule has 0 aromatic carbocycles. The summed E-state index contributed by atoms with van der Waals surface area (Å²) in [6.45, 7) is 3.21. The molecule has 0 aliphatic carbocycles. The Kier molecular flexibility index (Phi) is 4.46. The van der Waals surface area contributed by atoms with E-state index in [4.69, 9.17) is 5.02 Å². The summed E-state index contributed by atoms with van der Waals surface area (Å²) in [5, 5.41) is 8.85. The highest BCUT2D eigenvalue weighted by molar-refractivity contribution is 6.45. The highest BCUT2D eigenvalue weighted by Crippen LogP contribution is 2.06. The van der Waals surface area contributed by atoms with Gasteiger partial charge < -0.3 is 9.92 Å². The number of unbranched alkanes of at least 4 members (excludes halogenated alkanes) is 1. The van der Waals surface area contributed by atoms with E-state index < -0.39 is 0 Å². The zero-order valence-corrected chi connectivity index (χ0v) is 8.90. The third kappa shape index (κ3) is 3.03. The lowest BCUT2D eigenvalue weighted by molar-refractivity contribution is 0.615. The van der Waals surface area contributed by atoms with Crippen molar-refractivity contribution in [1.82, 2.24) is 4.98 Å². The predicted molar refractivity (Wildman–Crippen MR) is 61.4 cm³/mol. The molecular formula is C10H17BN2O. The number of hydrogen-bond donors (Lipinski definition) is 1. The van der Waals surface area contributed by atoms with Crippen LogP contribution >= 0.6 is 0 Å². The van der Waals surface area contributed by atoms with Crippen LogP contribution < -0.4 is 10.4 Å². The quantitative estimate of drug-likeness (QED) is 0.681. The van der Waals surface area contributed by atoms with Gasteiger partial charge in [0.15, 0.2) is 0 Å². The minimum Gasteiger partial charge on any atom is -0.449 e. The van der Waals surface area contributed by atoms with Gasteiger partial charge in [0.05, 0.1) is 0 Å². The lowest BCUT2D eigenvalue weighted by Crippen LogP contribution is -2.21. The molecule has 0 aliphatic heterocycles. The molecular weight excluding hydrogens is 175 g/mol. The molecule has 4 heteroatoms. The summed E-state index contributed by atoms with van der Waals surface area (Å²) in [7, 11) is 2.10. The second-order valence-electron chi connectivity index (χ2n) is 3.46. The van der Waals surface area contributed by atoms with Crippen molar-refractivity contribution < 1.29 is 5.02 Å². The maximum absolute atomic E-state index is 8.85. The van der Waals surface area contributed by atoms with Crippen LogP contribution in [0.3, 0.4) is 0 Å². The molecule has 1 rings (SSSR count). The molecule has 0 saturated carbocycles. The average Bonchev–Trinajstić information content (AvgIpc) is 2.26. The molecule has 0 radical (unpaired) electrons. The fourth-order valence-corrected chi connectivity index (χ4v) is 1.25. The van der Waals surface area contributed by atoms with E-state index in [-0.39, 0.29) is 7.48 Å². The Morgan fingerprint density at radius 1 is 1.50 bits per heavy atom. The zero-order chi connectivity index (χ0) is 10.4. The van der Waals surface area contributed by atoms with Crippen molar-refractivity contribution >= 4 is 18.8 Å². The molecule has 0 unspecified atom stereocenters. The minimum atomic E-state index is 0.0615. The molecule has 3 nitrogen and oxygen atoms in total. The summed E-state index contributed by atoms with van der Waals surface area (Å²) in [4.78, 5) is 6.40. The Labute approximate surface area is 86.1 Å². The molecule has 14 heavy (non-hydrogen) atoms. The van der Waals surface area contributed by atoms with Crippen LogP contribution in [0.2, 0.25) is 0 Å². The zero-order valence-electron chi connectivity index (χ0n) is 8.90. The van der Waals surface area contributed by atoms with Gasteiger partial charge in [-0.25, -0.2) is 4.98 Å². The SMILES string of the molecule is CCCCN(C)c1ccc(BO)cn1. The minimum absolute atomic E-state index is 0.0615. The highest BCUT2D eigenvalue weighted by Gasteiger charge is 2.01. The first kappa shape index (κ1) is 11.1. The van der Waals surface area contributed by atoms with E-state index in [1.54, 1.807) is 6.20 Å². The molecule has 76 valence electrons. The second-order valence-corrected chi connectivity index (χ2v) is 3.46. The fourth-order valence-electron chi connectivity index (χ4n) is 1.25. The summed E-state index contributed by atoms with van der Waals surface area (Å²) in [6, 6.07) is 3.85. The molecule has 0 saturated heterocycles. The van der Waals surface area contributed by atoms with Crippen LogP contribution in [0.4, 0.5) is 5.82 Å². The number of pyridine rings is 1. The van der Waals surface area contributed by atoms with E-state index in [1.165, 1.54) is 12.8 Å². The Balaban J connectivity index is 2.57. The fraction of sp³-hybridized carbons (Fsp3) is 0.500. The van der Waals surface area contributed by atoms with Crippen LogP contribution in [-0.2, 0) is 0 Å². The molecule has 1 aromatic heterocycles. The van der Waals surface area contributed by atoms with E-state index >= 15 is 0 Å². The summed E-state index contributed by atoms with van der Waals surface area (Å²) < 4.78 is 0. The van der Waals surface area contributed by atoms with Crippen LogP contribution in [0.1, 0.15) is 19.8 Å². The van der Waals surface area contributed by atoms with Gasteiger partial charge in [-0.2, -0.15) is 0 Å². The molecule has 0 aliphatic rings. The van der Waals surface area contributed by atoms with E-state index in [0.29, 0.717) is 0 Å². The highest BCUT2D eigenvalue weighted by atomic mass is 16.2. The Bertz CT molecular complexity index is 263. The van der Waals surface area contributed by atoms with Gasteiger partial charge in [0.2, 0.25) is 0 Å². The molecule has 1 N–H and O–H groups in total. The molecule has 0 atom stereocenters. The van der Waals surface area contributed by atoms with E-state index in [9.17, 15) is 0 Å². The first-order valence-electron chi connectivity index (χ1n) is 5.05. The van der Waals surface area contributed by atoms with Crippen molar-refractivity contribution in [2.45, 2.75) is 19.8 Å². The number of hydrogen-bond acceptors (Lipinski definition) is 3. The van der Waals surface area contributed by atoms with Crippen molar-refractivity contribution in [3.8, 4) is 0 Å². The molecule has 0 spiro atoms. The van der Waals surface area contributed by atoms with Crippen molar-refractivity contribution in [2.24, 2.45) is 0 Å². The maximum Gasteiger partial charge on any atom is 0.306 e. The summed E-state index contributed by atoms with van der Waals surface area (Å²) in [5.74, 6) is 0.968. The van der Waals surface area contributed by atoms with Gasteiger partial charge in [-0.05, 0) is 17.9 Å². The normalized spacial score (nSPS) is 9.93. The van der Waals surface area contributed by atoms with Crippen molar-refractivity contribution in [3.63, 3.8) is 0 Å². The van der Waals surface area contributed by atoms with Crippen molar-refractivity contribution in [3.05, 3.63) is 18.3 Å². The first-order valence-corrected chi connectivity index (χ1v) is 5.05. The number of anilines is 1. The topological polar surface area (TPSA) is 36.4 Å². The molecule has 1 heterocycles. The number of rotatable bonds is 5. The van der Waals surface area contributed by atoms with Crippen LogP contribution in [-0.4, -0.2) is 31.1 Å². The average molecular weight is 192 g/mol. The van der Waals surface area contributed by atoms with Crippen molar-refractivity contribution in [2.75, 3.05) is 18.5 Å². The van der Waals surface area contributed by atoms with E-state index in [0.717, 1.165) is 17.8 Å². The lowest BCUT2D eigenvalue weighted by atomic mass is 9.91. The second kappa shape index (κ2) is 5.65. The Hall–Kier alpha value is -1.03. The Morgan fingerprint density at radius 2 is 2.29 bits per heavy atom. The first-order chi connectivity index (χ1) is 6.77. The van der Waals surface area contributed by atoms with Gasteiger partial charge in [-0.15, -0.1) is 0 Å². The van der Waals surface area contributed by atoms with Gasteiger partial charge in [0, 0.05) is 19.8 Å². The maximum atomic E-state index is 8.85. The van der Waals surface area contributed by atoms with E-state index in [2.05, 4.69) is 16.8 Å². The van der Waals surface area contributed by atoms with Gasteiger partial charge in [-0.1, -0.05) is 19.4 Å². The lowest BCUT2D eigenvalue weighted by Gasteiger charge is -2.17. The van der Waals surface area contributed by atoms with Crippen molar-refractivity contribution in [1.29, 1.82) is 0 Å². The van der Waals surface area contributed by atoms with Crippen LogP contribution in [0.15, 0.2) is 18.3 Å². The van der Waals surface area contributed by atoms with Gasteiger partial charge in [0.25, 0.3) is 0 Å².